The van der Waals surface area contributed by atoms with Crippen LogP contribution in [0.5, 0.6) is 0 Å². The number of hydrogen-bond donors (Lipinski definition) is 3. The molecule has 6 nitrogen and oxygen atoms in total. The summed E-state index contributed by atoms with van der Waals surface area (Å²) in [7, 11) is 1.52. The average molecular weight is 281 g/mol. The molecule has 4 N–H and O–H groups in total. The summed E-state index contributed by atoms with van der Waals surface area (Å²) in [4.78, 5) is 24.0. The minimum Gasteiger partial charge on any atom is -0.478 e. The minimum absolute atomic E-state index is 0.0301. The number of nitrogens with one attached hydrogen (secondary N) is 1. The van der Waals surface area contributed by atoms with Gasteiger partial charge < -0.3 is 21.1 Å². The Balaban J connectivity index is 2.15. The fourth-order valence-electron chi connectivity index (χ4n) is 1.86. The van der Waals surface area contributed by atoms with Gasteiger partial charge in [0, 0.05) is 18.8 Å². The molecule has 1 aromatic rings. The Morgan fingerprint density at radius 1 is 1.50 bits per heavy atom. The molecule has 0 aliphatic heterocycles. The highest BCUT2D eigenvalue weighted by Gasteiger charge is 2.24. The second-order valence-corrected chi connectivity index (χ2v) is 4.89. The first-order chi connectivity index (χ1) is 9.38. The predicted molar refractivity (Wildman–Crippen MR) is 72.2 cm³/mol. The summed E-state index contributed by atoms with van der Waals surface area (Å²) in [5.41, 5.74) is 5.15. The van der Waals surface area contributed by atoms with E-state index in [0.29, 0.717) is 0 Å². The number of hydrogen-bond acceptors (Lipinski definition) is 4. The number of likely N-dealkylation sites (N-methyl/N-ethyl adjacent to an activating group) is 1. The molecule has 1 aromatic carbocycles. The molecule has 1 saturated carbocycles. The number of carbonyl (C=O) groups excluding carboxylic acids is 1. The van der Waals surface area contributed by atoms with E-state index in [1.807, 2.05) is 0 Å². The quantitative estimate of drug-likeness (QED) is 0.694. The van der Waals surface area contributed by atoms with Crippen molar-refractivity contribution in [3.63, 3.8) is 0 Å². The van der Waals surface area contributed by atoms with Gasteiger partial charge in [-0.05, 0) is 25.0 Å². The van der Waals surface area contributed by atoms with E-state index in [1.165, 1.54) is 11.9 Å². The van der Waals surface area contributed by atoms with Crippen LogP contribution in [0.1, 0.15) is 23.2 Å². The third-order valence-electron chi connectivity index (χ3n) is 3.08. The first-order valence-corrected chi connectivity index (χ1v) is 6.21. The largest absolute Gasteiger partial charge is 0.478 e. The molecule has 1 fully saturated rings. The van der Waals surface area contributed by atoms with Gasteiger partial charge >= 0.3 is 5.97 Å². The molecule has 0 radical (unpaired) electrons. The Kier molecular flexibility index (Phi) is 3.78. The normalized spacial score (nSPS) is 13.9. The molecule has 108 valence electrons. The van der Waals surface area contributed by atoms with Crippen LogP contribution < -0.4 is 16.0 Å². The van der Waals surface area contributed by atoms with Crippen LogP contribution in [-0.2, 0) is 4.79 Å². The van der Waals surface area contributed by atoms with Gasteiger partial charge in [-0.2, -0.15) is 0 Å². The van der Waals surface area contributed by atoms with Crippen LogP contribution in [0.15, 0.2) is 12.1 Å². The van der Waals surface area contributed by atoms with E-state index < -0.39 is 11.8 Å². The maximum absolute atomic E-state index is 13.8. The van der Waals surface area contributed by atoms with Crippen molar-refractivity contribution in [2.75, 3.05) is 24.2 Å². The lowest BCUT2D eigenvalue weighted by molar-refractivity contribution is -0.119. The van der Waals surface area contributed by atoms with E-state index in [1.54, 1.807) is 0 Å². The van der Waals surface area contributed by atoms with Crippen LogP contribution in [0.4, 0.5) is 15.8 Å². The molecule has 0 saturated heterocycles. The van der Waals surface area contributed by atoms with Crippen LogP contribution in [-0.4, -0.2) is 36.6 Å². The second-order valence-electron chi connectivity index (χ2n) is 4.89. The average Bonchev–Trinajstić information content (AvgIpc) is 3.11. The number of aromatic carboxylic acids is 1. The predicted octanol–water partition coefficient (Wildman–Crippen LogP) is 0.821. The lowest BCUT2D eigenvalue weighted by Gasteiger charge is -2.20. The summed E-state index contributed by atoms with van der Waals surface area (Å²) in [5.74, 6) is -2.11. The molecule has 0 aromatic heterocycles. The Labute approximate surface area is 115 Å². The van der Waals surface area contributed by atoms with Gasteiger partial charge in [-0.1, -0.05) is 0 Å². The van der Waals surface area contributed by atoms with E-state index in [-0.39, 0.29) is 35.4 Å². The van der Waals surface area contributed by atoms with E-state index >= 15 is 0 Å². The van der Waals surface area contributed by atoms with Crippen molar-refractivity contribution in [1.82, 2.24) is 5.32 Å². The minimum atomic E-state index is -1.24. The molecule has 1 aliphatic carbocycles. The molecular formula is C13H16FN3O3. The van der Waals surface area contributed by atoms with E-state index in [9.17, 15) is 14.0 Å². The third-order valence-corrected chi connectivity index (χ3v) is 3.08. The summed E-state index contributed by atoms with van der Waals surface area (Å²) in [6.07, 6.45) is 1.93. The molecule has 0 bridgehead atoms. The fourth-order valence-corrected chi connectivity index (χ4v) is 1.86. The van der Waals surface area contributed by atoms with Crippen molar-refractivity contribution >= 4 is 23.3 Å². The Bertz CT molecular complexity index is 558. The summed E-state index contributed by atoms with van der Waals surface area (Å²) in [6.45, 7) is -0.0452. The summed E-state index contributed by atoms with van der Waals surface area (Å²) < 4.78 is 13.8. The van der Waals surface area contributed by atoms with Crippen molar-refractivity contribution < 1.29 is 19.1 Å². The van der Waals surface area contributed by atoms with Crippen molar-refractivity contribution in [2.24, 2.45) is 0 Å². The van der Waals surface area contributed by atoms with E-state index in [2.05, 4.69) is 5.32 Å². The topological polar surface area (TPSA) is 95.7 Å². The van der Waals surface area contributed by atoms with Crippen molar-refractivity contribution in [2.45, 2.75) is 18.9 Å². The van der Waals surface area contributed by atoms with Gasteiger partial charge in [0.05, 0.1) is 17.8 Å². The van der Waals surface area contributed by atoms with Crippen LogP contribution in [0.2, 0.25) is 0 Å². The zero-order chi connectivity index (χ0) is 14.9. The van der Waals surface area contributed by atoms with Crippen LogP contribution in [0.25, 0.3) is 0 Å². The number of nitrogen functional groups attached to an aromatic ring is 1. The Morgan fingerprint density at radius 2 is 2.15 bits per heavy atom. The highest BCUT2D eigenvalue weighted by molar-refractivity contribution is 5.95. The number of carbonyl (C=O) groups is 2. The molecule has 2 rings (SSSR count). The Hall–Kier alpha value is -2.31. The highest BCUT2D eigenvalue weighted by Crippen LogP contribution is 2.25. The van der Waals surface area contributed by atoms with Crippen molar-refractivity contribution in [3.8, 4) is 0 Å². The van der Waals surface area contributed by atoms with Gasteiger partial charge in [0.1, 0.15) is 5.82 Å². The number of amides is 1. The van der Waals surface area contributed by atoms with Gasteiger partial charge in [0.15, 0.2) is 0 Å². The van der Waals surface area contributed by atoms with Crippen LogP contribution >= 0.6 is 0 Å². The number of rotatable bonds is 5. The maximum atomic E-state index is 13.8. The smallest absolute Gasteiger partial charge is 0.337 e. The molecule has 0 unspecified atom stereocenters. The lowest BCUT2D eigenvalue weighted by atomic mass is 10.1. The van der Waals surface area contributed by atoms with Gasteiger partial charge in [-0.15, -0.1) is 0 Å². The zero-order valence-corrected chi connectivity index (χ0v) is 11.0. The second kappa shape index (κ2) is 5.36. The van der Waals surface area contributed by atoms with Gasteiger partial charge in [-0.25, -0.2) is 9.18 Å². The standard InChI is InChI=1S/C13H16FN3O3/c1-17(6-12(18)16-7-2-3-7)11-4-8(13(19)20)10(15)5-9(11)14/h4-5,7H,2-3,6,15H2,1H3,(H,16,18)(H,19,20). The third kappa shape index (κ3) is 3.17. The van der Waals surface area contributed by atoms with Gasteiger partial charge in [-0.3, -0.25) is 4.79 Å². The lowest BCUT2D eigenvalue weighted by Crippen LogP contribution is -2.36. The molecular weight excluding hydrogens is 265 g/mol. The van der Waals surface area contributed by atoms with E-state index in [4.69, 9.17) is 10.8 Å². The number of nitrogens with zero attached hydrogens (tertiary/aromatic N) is 1. The number of benzene rings is 1. The molecule has 1 aliphatic rings. The molecule has 0 spiro atoms. The summed E-state index contributed by atoms with van der Waals surface area (Å²) in [5, 5.41) is 11.8. The number of anilines is 2. The zero-order valence-electron chi connectivity index (χ0n) is 11.0. The molecule has 7 heteroatoms. The van der Waals surface area contributed by atoms with E-state index in [0.717, 1.165) is 25.0 Å². The molecule has 0 atom stereocenters. The molecule has 0 heterocycles. The summed E-state index contributed by atoms with van der Waals surface area (Å²) >= 11 is 0. The monoisotopic (exact) mass is 281 g/mol. The Morgan fingerprint density at radius 3 is 2.70 bits per heavy atom. The van der Waals surface area contributed by atoms with Crippen molar-refractivity contribution in [1.29, 1.82) is 0 Å². The first kappa shape index (κ1) is 14.1. The first-order valence-electron chi connectivity index (χ1n) is 6.21. The number of carboxylic acids is 1. The highest BCUT2D eigenvalue weighted by atomic mass is 19.1. The summed E-state index contributed by atoms with van der Waals surface area (Å²) in [6, 6.07) is 2.31. The number of halogens is 1. The fraction of sp³-hybridized carbons (Fsp3) is 0.385. The number of carboxylic acid groups (broad SMARTS) is 1. The van der Waals surface area contributed by atoms with Crippen LogP contribution in [0, 0.1) is 5.82 Å². The molecule has 20 heavy (non-hydrogen) atoms. The molecule has 1 amide bonds. The van der Waals surface area contributed by atoms with Gasteiger partial charge in [0.25, 0.3) is 0 Å². The number of nitrogens with two attached hydrogens (primary N) is 1. The maximum Gasteiger partial charge on any atom is 0.337 e. The SMILES string of the molecule is CN(CC(=O)NC1CC1)c1cc(C(=O)O)c(N)cc1F. The van der Waals surface area contributed by atoms with Crippen LogP contribution in [0.3, 0.4) is 0 Å². The van der Waals surface area contributed by atoms with Crippen molar-refractivity contribution in [3.05, 3.63) is 23.5 Å². The van der Waals surface area contributed by atoms with Gasteiger partial charge in [0.2, 0.25) is 5.91 Å².